The minimum atomic E-state index is -0.349. The number of anilines is 2. The minimum Gasteiger partial charge on any atom is -0.532 e. The molecule has 4 aliphatic rings. The number of nitrogens with one attached hydrogen (secondary N) is 4. The third-order valence-corrected chi connectivity index (χ3v) is 8.73. The fourth-order valence-electron chi connectivity index (χ4n) is 7.09. The molecular formula is C31H30N6O4W2Y2-4. The van der Waals surface area contributed by atoms with Gasteiger partial charge in [0.2, 0.25) is 0 Å². The van der Waals surface area contributed by atoms with Crippen LogP contribution in [0.3, 0.4) is 0 Å². The number of aromatic nitrogens is 2. The molecule has 14 heteroatoms. The van der Waals surface area contributed by atoms with Crippen molar-refractivity contribution in [1.29, 1.82) is 0 Å². The van der Waals surface area contributed by atoms with Gasteiger partial charge in [0.05, 0.1) is 22.9 Å². The molecule has 2 spiro atoms. The molecule has 0 bridgehead atoms. The van der Waals surface area contributed by atoms with Crippen LogP contribution in [0.2, 0.25) is 0 Å². The van der Waals surface area contributed by atoms with Crippen LogP contribution in [0.25, 0.3) is 22.2 Å². The summed E-state index contributed by atoms with van der Waals surface area (Å²) in [4.78, 5) is 31.2. The smallest absolute Gasteiger partial charge is 0.317 e. The molecule has 10 nitrogen and oxygen atoms in total. The molecule has 4 heterocycles. The van der Waals surface area contributed by atoms with E-state index in [0.29, 0.717) is 22.7 Å². The van der Waals surface area contributed by atoms with Crippen LogP contribution in [0, 0.1) is 19.1 Å². The Kier molecular flexibility index (Phi) is 13.3. The molecule has 4 N–H and O–H groups in total. The number of rotatable bonds is 1. The zero-order valence-corrected chi connectivity index (χ0v) is 36.2. The average molecular weight is 1100 g/mol. The van der Waals surface area contributed by atoms with E-state index in [0.717, 1.165) is 85.1 Å². The van der Waals surface area contributed by atoms with Crippen LogP contribution in [0.1, 0.15) is 87.1 Å². The topological polar surface area (TPSA) is 134 Å². The summed E-state index contributed by atoms with van der Waals surface area (Å²) >= 11 is 0. The normalized spacial score (nSPS) is 18.4. The Bertz CT molecular complexity index is 1710. The second kappa shape index (κ2) is 15.6. The van der Waals surface area contributed by atoms with Crippen molar-refractivity contribution in [2.45, 2.75) is 75.3 Å². The van der Waals surface area contributed by atoms with Crippen LogP contribution in [0.4, 0.5) is 16.2 Å². The molecular weight excluding hydrogens is 1070 g/mol. The van der Waals surface area contributed by atoms with Crippen molar-refractivity contribution in [2.24, 2.45) is 0 Å². The Morgan fingerprint density at radius 2 is 1.31 bits per heavy atom. The number of hydrogen-bond acceptors (Lipinski definition) is 8. The number of carbonyl (C=O) groups is 1. The first-order valence-corrected chi connectivity index (χ1v) is 14.1. The number of benzene rings is 2. The van der Waals surface area contributed by atoms with Gasteiger partial charge in [0, 0.05) is 125 Å². The maximum Gasteiger partial charge on any atom is 0.317 e. The molecule has 0 atom stereocenters. The molecule has 2 aromatic heterocycles. The maximum absolute atomic E-state index is 11.9. The fourth-order valence-corrected chi connectivity index (χ4v) is 7.09. The van der Waals surface area contributed by atoms with Crippen LogP contribution in [0.15, 0.2) is 33.4 Å². The third-order valence-electron chi connectivity index (χ3n) is 8.73. The molecule has 2 aromatic carbocycles. The Balaban J connectivity index is 0.000000226. The van der Waals surface area contributed by atoms with Crippen LogP contribution < -0.4 is 21.3 Å². The summed E-state index contributed by atoms with van der Waals surface area (Å²) in [6.45, 7) is 7.77. The van der Waals surface area contributed by atoms with Gasteiger partial charge in [0.1, 0.15) is 0 Å². The Morgan fingerprint density at radius 1 is 0.800 bits per heavy atom. The standard InChI is InChI=1S/C16H15N3O2.C15H15N3O2.2W.2Y/c1-10-17-11-5-6-12-15(21-13(9-20)18-12)14(11)16(19-10)7-3-2-4-8-16;1-9-16-11-6-5-10-12(13(11)20-9)15(18-14(19)17-10)7-3-2-4-8-15;;;;/h6,17,19H,1-4,7-8H2;6H,1-4,7-8H2,(H2,17,18,19);;;;/q2*-2;;;;. The van der Waals surface area contributed by atoms with Gasteiger partial charge in [-0.1, -0.05) is 67.6 Å². The minimum absolute atomic E-state index is 0. The van der Waals surface area contributed by atoms with Crippen LogP contribution >= 0.6 is 0 Å². The molecule has 45 heavy (non-hydrogen) atoms. The van der Waals surface area contributed by atoms with Gasteiger partial charge >= 0.3 is 6.03 Å². The number of carbonyl (C=O) groups excluding carboxylic acids is 2. The van der Waals surface area contributed by atoms with E-state index in [9.17, 15) is 9.59 Å². The van der Waals surface area contributed by atoms with Crippen molar-refractivity contribution >= 4 is 45.9 Å². The van der Waals surface area contributed by atoms with Crippen molar-refractivity contribution in [3.05, 3.63) is 66.5 Å². The van der Waals surface area contributed by atoms with Gasteiger partial charge in [-0.25, -0.2) is 4.79 Å². The largest absolute Gasteiger partial charge is 0.532 e. The SMILES string of the molecule is C=C1Nc2[c-]cc3nc([C-]=O)oc3c2C2(CCCCC2)N1.[CH2-]c1nc2c[c-]c3c(c2o1)C1(CCCCC1)NC(=O)N3.[W].[W].[Y].[Y]. The molecule has 2 amide bonds. The van der Waals surface area contributed by atoms with E-state index in [1.54, 1.807) is 18.4 Å². The second-order valence-electron chi connectivity index (χ2n) is 11.3. The van der Waals surface area contributed by atoms with Crippen molar-refractivity contribution in [2.75, 3.05) is 10.6 Å². The molecule has 0 unspecified atom stereocenters. The van der Waals surface area contributed by atoms with Crippen molar-refractivity contribution < 1.29 is 126 Å². The Morgan fingerprint density at radius 3 is 1.89 bits per heavy atom. The maximum atomic E-state index is 11.9. The first-order valence-electron chi connectivity index (χ1n) is 14.1. The summed E-state index contributed by atoms with van der Waals surface area (Å²) in [5.74, 6) is 1.16. The number of fused-ring (bicyclic) bond motifs is 8. The molecule has 0 saturated heterocycles. The van der Waals surface area contributed by atoms with Crippen LogP contribution in [0.5, 0.6) is 0 Å². The van der Waals surface area contributed by atoms with Crippen LogP contribution in [-0.4, -0.2) is 22.3 Å². The van der Waals surface area contributed by atoms with E-state index in [4.69, 9.17) is 8.83 Å². The Hall–Kier alpha value is -0.886. The summed E-state index contributed by atoms with van der Waals surface area (Å²) in [6, 6.07) is 9.65. The van der Waals surface area contributed by atoms with E-state index in [1.165, 1.54) is 12.8 Å². The molecule has 230 valence electrons. The molecule has 2 fully saturated rings. The number of oxazole rings is 2. The first kappa shape index (κ1) is 38.6. The quantitative estimate of drug-likeness (QED) is 0.175. The molecule has 2 saturated carbocycles. The predicted octanol–water partition coefficient (Wildman–Crippen LogP) is 5.83. The number of hydrogen-bond donors (Lipinski definition) is 4. The summed E-state index contributed by atoms with van der Waals surface area (Å²) in [7, 11) is 0. The van der Waals surface area contributed by atoms with E-state index >= 15 is 0 Å². The van der Waals surface area contributed by atoms with Gasteiger partial charge in [0.15, 0.2) is 0 Å². The van der Waals surface area contributed by atoms with Crippen LogP contribution in [-0.2, 0) is 123 Å². The fraction of sp³-hybridized carbons (Fsp3) is 0.387. The van der Waals surface area contributed by atoms with E-state index in [2.05, 4.69) is 56.9 Å². The van der Waals surface area contributed by atoms with Gasteiger partial charge in [-0.2, -0.15) is 18.4 Å². The number of nitrogens with zero attached hydrogens (tertiary/aromatic N) is 2. The molecule has 2 aliphatic carbocycles. The van der Waals surface area contributed by atoms with Gasteiger partial charge < -0.3 is 51.8 Å². The van der Waals surface area contributed by atoms with Gasteiger partial charge in [-0.05, 0) is 36.7 Å². The van der Waals surface area contributed by atoms with Crippen molar-refractivity contribution in [1.82, 2.24) is 20.6 Å². The zero-order chi connectivity index (χ0) is 28.2. The molecule has 2 aliphatic heterocycles. The third kappa shape index (κ3) is 7.13. The summed E-state index contributed by atoms with van der Waals surface area (Å²) < 4.78 is 11.3. The number of amides is 2. The second-order valence-corrected chi connectivity index (χ2v) is 11.3. The molecule has 2 radical (unpaired) electrons. The summed E-state index contributed by atoms with van der Waals surface area (Å²) in [5, 5.41) is 12.6. The monoisotopic (exact) mass is 1100 g/mol. The molecule has 4 aromatic rings. The van der Waals surface area contributed by atoms with E-state index < -0.39 is 0 Å². The molecule has 8 rings (SSSR count). The number of urea groups is 1. The summed E-state index contributed by atoms with van der Waals surface area (Å²) in [6.07, 6.45) is 12.5. The van der Waals surface area contributed by atoms with Crippen molar-refractivity contribution in [3.8, 4) is 0 Å². The van der Waals surface area contributed by atoms with Gasteiger partial charge in [0.25, 0.3) is 0 Å². The first-order chi connectivity index (χ1) is 19.9. The summed E-state index contributed by atoms with van der Waals surface area (Å²) in [5.41, 5.74) is 5.78. The predicted molar refractivity (Wildman–Crippen MR) is 153 cm³/mol. The Labute approximate surface area is 340 Å². The average Bonchev–Trinajstić information content (AvgIpc) is 3.56. The van der Waals surface area contributed by atoms with E-state index in [1.807, 2.05) is 0 Å². The van der Waals surface area contributed by atoms with Gasteiger partial charge in [-0.3, -0.25) is 0 Å². The van der Waals surface area contributed by atoms with Crippen molar-refractivity contribution in [3.63, 3.8) is 0 Å². The zero-order valence-electron chi connectivity index (χ0n) is 24.6. The van der Waals surface area contributed by atoms with E-state index in [-0.39, 0.29) is 131 Å². The van der Waals surface area contributed by atoms with Gasteiger partial charge in [-0.15, -0.1) is 12.1 Å².